The minimum Gasteiger partial charge on any atom is -0.270 e. The highest BCUT2D eigenvalue weighted by molar-refractivity contribution is 7.86. The maximum atomic E-state index is 12.1. The first kappa shape index (κ1) is 14.9. The van der Waals surface area contributed by atoms with Crippen molar-refractivity contribution < 1.29 is 19.1 Å². The van der Waals surface area contributed by atoms with E-state index in [9.17, 15) is 9.00 Å². The lowest BCUT2D eigenvalue weighted by Gasteiger charge is -2.21. The smallest absolute Gasteiger partial charge is 0.266 e. The Bertz CT molecular complexity index is 583. The fraction of sp³-hybridized carbons (Fsp3) is 0.308. The molecule has 6 nitrogen and oxygen atoms in total. The van der Waals surface area contributed by atoms with Crippen molar-refractivity contribution in [3.63, 3.8) is 0 Å². The summed E-state index contributed by atoms with van der Waals surface area (Å²) in [5, 5.41) is 8.90. The molecule has 7 heteroatoms. The van der Waals surface area contributed by atoms with Crippen molar-refractivity contribution in [2.24, 2.45) is 0 Å². The first-order chi connectivity index (χ1) is 9.45. The number of nitrogens with zero attached hydrogens (tertiary/aromatic N) is 1. The molecule has 0 fully saturated rings. The van der Waals surface area contributed by atoms with Gasteiger partial charge in [0.05, 0.1) is 0 Å². The summed E-state index contributed by atoms with van der Waals surface area (Å²) >= 11 is 0. The molecule has 0 spiro atoms. The molecule has 0 radical (unpaired) electrons. The summed E-state index contributed by atoms with van der Waals surface area (Å²) in [6.45, 7) is 5.27. The van der Waals surface area contributed by atoms with Crippen LogP contribution >= 0.6 is 0 Å². The second-order valence-electron chi connectivity index (χ2n) is 4.58. The van der Waals surface area contributed by atoms with Crippen LogP contribution in [0.1, 0.15) is 29.8 Å². The minimum atomic E-state index is -1.57. The molecule has 1 unspecified atom stereocenters. The zero-order valence-corrected chi connectivity index (χ0v) is 12.2. The Morgan fingerprint density at radius 2 is 1.90 bits per heavy atom. The highest BCUT2D eigenvalue weighted by Crippen LogP contribution is 2.27. The monoisotopic (exact) mass is 296 g/mol. The van der Waals surface area contributed by atoms with E-state index in [2.05, 4.69) is 10.3 Å². The van der Waals surface area contributed by atoms with Crippen molar-refractivity contribution in [1.82, 2.24) is 9.84 Å². The lowest BCUT2D eigenvalue weighted by molar-refractivity contribution is -0.291. The third-order valence-corrected chi connectivity index (χ3v) is 4.69. The molecular weight excluding hydrogens is 280 g/mol. The van der Waals surface area contributed by atoms with Crippen LogP contribution in [-0.2, 0) is 15.9 Å². The maximum absolute atomic E-state index is 12.1. The first-order valence-corrected chi connectivity index (χ1v) is 7.12. The molecule has 2 atom stereocenters. The van der Waals surface area contributed by atoms with Gasteiger partial charge in [0.25, 0.3) is 5.91 Å². The van der Waals surface area contributed by atoms with Crippen LogP contribution < -0.4 is 5.43 Å². The molecule has 20 heavy (non-hydrogen) atoms. The van der Waals surface area contributed by atoms with Crippen LogP contribution in [0.5, 0.6) is 0 Å². The number of carbonyl (C=O) groups excluding carboxylic acids is 1. The maximum Gasteiger partial charge on any atom is 0.266 e. The number of hydrogen-bond donors (Lipinski definition) is 2. The Balaban J connectivity index is 2.16. The molecule has 0 aliphatic carbocycles. The number of aryl methyl sites for hydroxylation is 1. The van der Waals surface area contributed by atoms with Crippen LogP contribution in [0.2, 0.25) is 0 Å². The minimum absolute atomic E-state index is 0.414. The van der Waals surface area contributed by atoms with Crippen molar-refractivity contribution in [2.75, 3.05) is 0 Å². The molecule has 0 saturated heterocycles. The molecule has 1 aromatic carbocycles. The van der Waals surface area contributed by atoms with Gasteiger partial charge in [-0.15, -0.1) is 0 Å². The van der Waals surface area contributed by atoms with Crippen LogP contribution in [0.15, 0.2) is 34.7 Å². The lowest BCUT2D eigenvalue weighted by Crippen LogP contribution is -2.47. The average molecular weight is 296 g/mol. The normalized spacial score (nSPS) is 23.2. The van der Waals surface area contributed by atoms with Gasteiger partial charge in [0, 0.05) is 10.5 Å². The predicted octanol–water partition coefficient (Wildman–Crippen LogP) is 1.73. The van der Waals surface area contributed by atoms with Gasteiger partial charge in [-0.1, -0.05) is 22.1 Å². The molecule has 108 valence electrons. The fourth-order valence-corrected chi connectivity index (χ4v) is 3.02. The Labute approximate surface area is 119 Å². The Kier molecular flexibility index (Phi) is 4.34. The van der Waals surface area contributed by atoms with Crippen LogP contribution in [0, 0.1) is 6.92 Å². The second kappa shape index (κ2) is 5.84. The summed E-state index contributed by atoms with van der Waals surface area (Å²) in [4.78, 5) is 16.9. The summed E-state index contributed by atoms with van der Waals surface area (Å²) in [7, 11) is -1.57. The number of carbonyl (C=O) groups is 1. The van der Waals surface area contributed by atoms with Crippen molar-refractivity contribution in [2.45, 2.75) is 27.0 Å². The number of hydrogen-bond acceptors (Lipinski definition) is 4. The zero-order chi connectivity index (χ0) is 14.9. The second-order valence-corrected chi connectivity index (χ2v) is 6.08. The summed E-state index contributed by atoms with van der Waals surface area (Å²) < 4.78 is 13.2. The molecule has 0 aromatic heterocycles. The van der Waals surface area contributed by atoms with E-state index in [0.29, 0.717) is 16.0 Å². The number of allylic oxidation sites excluding steroid dienone is 1. The van der Waals surface area contributed by atoms with Crippen molar-refractivity contribution in [1.29, 1.82) is 0 Å². The number of hydrazine groups is 1. The SMILES string of the molecule is CC1=C(C)S(=O)N(NC(=O)c2ccc(C)cc2)[C@@H]1OO. The number of amides is 1. The summed E-state index contributed by atoms with van der Waals surface area (Å²) in [6, 6.07) is 6.96. The van der Waals surface area contributed by atoms with E-state index < -0.39 is 23.1 Å². The van der Waals surface area contributed by atoms with Crippen molar-refractivity contribution >= 4 is 16.9 Å². The van der Waals surface area contributed by atoms with Crippen LogP contribution in [0.4, 0.5) is 0 Å². The standard InChI is InChI=1S/C13H16N2O4S/c1-8-4-6-11(7-5-8)12(16)14-15-13(19-17)9(2)10(3)20(15)18/h4-7,13,17H,1-3H3,(H,14,16)/t13-,20?/m1/s1. The zero-order valence-electron chi connectivity index (χ0n) is 11.4. The number of benzene rings is 1. The molecule has 2 N–H and O–H groups in total. The lowest BCUT2D eigenvalue weighted by atomic mass is 10.1. The van der Waals surface area contributed by atoms with Crippen LogP contribution in [0.25, 0.3) is 0 Å². The van der Waals surface area contributed by atoms with Crippen LogP contribution in [-0.4, -0.2) is 26.0 Å². The van der Waals surface area contributed by atoms with E-state index in [1.807, 2.05) is 19.1 Å². The highest BCUT2D eigenvalue weighted by atomic mass is 32.2. The molecule has 0 bridgehead atoms. The summed E-state index contributed by atoms with van der Waals surface area (Å²) in [6.07, 6.45) is -0.940. The van der Waals surface area contributed by atoms with E-state index >= 15 is 0 Å². The number of rotatable bonds is 3. The molecule has 1 amide bonds. The molecule has 1 aromatic rings. The third kappa shape index (κ3) is 2.66. The van der Waals surface area contributed by atoms with Gasteiger partial charge in [0.1, 0.15) is 11.0 Å². The van der Waals surface area contributed by atoms with Gasteiger partial charge in [-0.2, -0.15) is 0 Å². The highest BCUT2D eigenvalue weighted by Gasteiger charge is 2.37. The van der Waals surface area contributed by atoms with Crippen molar-refractivity contribution in [3.05, 3.63) is 45.9 Å². The molecule has 2 rings (SSSR count). The Morgan fingerprint density at radius 3 is 2.45 bits per heavy atom. The first-order valence-electron chi connectivity index (χ1n) is 6.02. The van der Waals surface area contributed by atoms with Gasteiger partial charge in [0.15, 0.2) is 6.23 Å². The summed E-state index contributed by atoms with van der Waals surface area (Å²) in [5.41, 5.74) is 4.58. The van der Waals surface area contributed by atoms with E-state index in [4.69, 9.17) is 5.26 Å². The summed E-state index contributed by atoms with van der Waals surface area (Å²) in [5.74, 6) is -0.414. The molecular formula is C13H16N2O4S. The van der Waals surface area contributed by atoms with E-state index in [1.54, 1.807) is 26.0 Å². The largest absolute Gasteiger partial charge is 0.270 e. The van der Waals surface area contributed by atoms with Gasteiger partial charge >= 0.3 is 0 Å². The van der Waals surface area contributed by atoms with Gasteiger partial charge in [-0.3, -0.25) is 10.2 Å². The molecule has 0 saturated carbocycles. The van der Waals surface area contributed by atoms with E-state index in [1.165, 1.54) is 0 Å². The Morgan fingerprint density at radius 1 is 1.30 bits per heavy atom. The topological polar surface area (TPSA) is 78.9 Å². The van der Waals surface area contributed by atoms with Gasteiger partial charge in [-0.05, 0) is 38.5 Å². The van der Waals surface area contributed by atoms with Crippen molar-refractivity contribution in [3.8, 4) is 0 Å². The fourth-order valence-electron chi connectivity index (χ4n) is 1.81. The Hall–Kier alpha value is -1.54. The van der Waals surface area contributed by atoms with Gasteiger partial charge in [0.2, 0.25) is 0 Å². The number of nitrogens with one attached hydrogen (secondary N) is 1. The predicted molar refractivity (Wildman–Crippen MR) is 74.5 cm³/mol. The molecule has 1 aliphatic heterocycles. The quantitative estimate of drug-likeness (QED) is 0.657. The average Bonchev–Trinajstić information content (AvgIpc) is 2.64. The third-order valence-electron chi connectivity index (χ3n) is 3.20. The van der Waals surface area contributed by atoms with E-state index in [0.717, 1.165) is 9.98 Å². The van der Waals surface area contributed by atoms with Crippen LogP contribution in [0.3, 0.4) is 0 Å². The molecule has 1 heterocycles. The van der Waals surface area contributed by atoms with E-state index in [-0.39, 0.29) is 0 Å². The van der Waals surface area contributed by atoms with Gasteiger partial charge in [-0.25, -0.2) is 14.4 Å². The van der Waals surface area contributed by atoms with Gasteiger partial charge < -0.3 is 0 Å². The molecule has 1 aliphatic rings.